The maximum atomic E-state index is 6.54. The van der Waals surface area contributed by atoms with Crippen molar-refractivity contribution in [1.29, 1.82) is 0 Å². The molecule has 0 aliphatic carbocycles. The molecule has 1 aromatic rings. The van der Waals surface area contributed by atoms with E-state index in [4.69, 9.17) is 10.5 Å². The smallest absolute Gasteiger partial charge is 0.126 e. The standard InChI is InChI=1S/C17H26N2O/c1-13-3-4-15-5-6-17(20-16(15)14(13)2)7-10-19(11-8-17)12-9-18/h3-4H,5-12,18H2,1-2H3. The van der Waals surface area contributed by atoms with Gasteiger partial charge in [-0.2, -0.15) is 0 Å². The number of ether oxygens (including phenoxy) is 1. The van der Waals surface area contributed by atoms with Crippen molar-refractivity contribution >= 4 is 0 Å². The van der Waals surface area contributed by atoms with E-state index in [9.17, 15) is 0 Å². The Morgan fingerprint density at radius 3 is 2.65 bits per heavy atom. The number of piperidine rings is 1. The second kappa shape index (κ2) is 5.38. The van der Waals surface area contributed by atoms with Crippen LogP contribution in [0.4, 0.5) is 0 Å². The van der Waals surface area contributed by atoms with E-state index in [-0.39, 0.29) is 5.60 Å². The Morgan fingerprint density at radius 2 is 1.95 bits per heavy atom. The number of rotatable bonds is 2. The van der Waals surface area contributed by atoms with Crippen molar-refractivity contribution < 1.29 is 4.74 Å². The lowest BCUT2D eigenvalue weighted by Crippen LogP contribution is -2.50. The van der Waals surface area contributed by atoms with Crippen LogP contribution in [0.1, 0.15) is 36.0 Å². The van der Waals surface area contributed by atoms with E-state index >= 15 is 0 Å². The zero-order valence-electron chi connectivity index (χ0n) is 12.7. The van der Waals surface area contributed by atoms with Crippen LogP contribution < -0.4 is 10.5 Å². The zero-order valence-corrected chi connectivity index (χ0v) is 12.7. The SMILES string of the molecule is Cc1ccc2c(c1C)OC1(CC2)CCN(CCN)CC1. The van der Waals surface area contributed by atoms with Gasteiger partial charge in [0.15, 0.2) is 0 Å². The van der Waals surface area contributed by atoms with E-state index in [1.165, 1.54) is 28.9 Å². The van der Waals surface area contributed by atoms with E-state index in [0.717, 1.165) is 45.4 Å². The Morgan fingerprint density at radius 1 is 1.20 bits per heavy atom. The molecule has 3 nitrogen and oxygen atoms in total. The topological polar surface area (TPSA) is 38.5 Å². The predicted octanol–water partition coefficient (Wildman–Crippen LogP) is 2.42. The summed E-state index contributed by atoms with van der Waals surface area (Å²) in [7, 11) is 0. The Labute approximate surface area is 122 Å². The fourth-order valence-corrected chi connectivity index (χ4v) is 3.53. The van der Waals surface area contributed by atoms with E-state index in [1.807, 2.05) is 0 Å². The van der Waals surface area contributed by atoms with Crippen molar-refractivity contribution in [2.24, 2.45) is 5.73 Å². The van der Waals surface area contributed by atoms with Crippen LogP contribution in [0, 0.1) is 13.8 Å². The van der Waals surface area contributed by atoms with Gasteiger partial charge in [-0.05, 0) is 56.2 Å². The normalized spacial score (nSPS) is 21.6. The summed E-state index contributed by atoms with van der Waals surface area (Å²) >= 11 is 0. The lowest BCUT2D eigenvalue weighted by molar-refractivity contribution is -0.0143. The number of hydrogen-bond donors (Lipinski definition) is 1. The third-order valence-corrected chi connectivity index (χ3v) is 5.14. The number of aryl methyl sites for hydroxylation is 2. The molecule has 1 aromatic carbocycles. The Balaban J connectivity index is 1.77. The number of nitrogens with zero attached hydrogens (tertiary/aromatic N) is 1. The molecule has 3 rings (SSSR count). The number of benzene rings is 1. The minimum atomic E-state index is 0.0800. The second-order valence-electron chi connectivity index (χ2n) is 6.41. The summed E-state index contributed by atoms with van der Waals surface area (Å²) in [4.78, 5) is 2.47. The molecule has 0 unspecified atom stereocenters. The maximum Gasteiger partial charge on any atom is 0.126 e. The first kappa shape index (κ1) is 13.9. The first-order valence-electron chi connectivity index (χ1n) is 7.84. The van der Waals surface area contributed by atoms with E-state index in [1.54, 1.807) is 0 Å². The fraction of sp³-hybridized carbons (Fsp3) is 0.647. The van der Waals surface area contributed by atoms with Crippen LogP contribution in [0.25, 0.3) is 0 Å². The molecule has 0 bridgehead atoms. The highest BCUT2D eigenvalue weighted by atomic mass is 16.5. The molecule has 1 spiro atoms. The van der Waals surface area contributed by atoms with Crippen molar-refractivity contribution in [3.05, 3.63) is 28.8 Å². The first-order chi connectivity index (χ1) is 9.63. The summed E-state index contributed by atoms with van der Waals surface area (Å²) in [5.74, 6) is 1.17. The van der Waals surface area contributed by atoms with E-state index in [2.05, 4.69) is 30.9 Å². The first-order valence-corrected chi connectivity index (χ1v) is 7.84. The second-order valence-corrected chi connectivity index (χ2v) is 6.41. The minimum absolute atomic E-state index is 0.0800. The minimum Gasteiger partial charge on any atom is -0.487 e. The van der Waals surface area contributed by atoms with Gasteiger partial charge in [-0.3, -0.25) is 0 Å². The average molecular weight is 274 g/mol. The molecule has 3 heteroatoms. The Hall–Kier alpha value is -1.06. The lowest BCUT2D eigenvalue weighted by atomic mass is 9.82. The van der Waals surface area contributed by atoms with Crippen molar-refractivity contribution in [2.45, 2.75) is 45.1 Å². The number of nitrogens with two attached hydrogens (primary N) is 1. The van der Waals surface area contributed by atoms with Gasteiger partial charge in [-0.1, -0.05) is 12.1 Å². The summed E-state index contributed by atoms with van der Waals surface area (Å²) in [6.45, 7) is 8.38. The molecular formula is C17H26N2O. The largest absolute Gasteiger partial charge is 0.487 e. The Kier molecular flexibility index (Phi) is 3.74. The van der Waals surface area contributed by atoms with Gasteiger partial charge in [-0.25, -0.2) is 0 Å². The molecule has 0 amide bonds. The molecule has 2 aliphatic heterocycles. The number of hydrogen-bond acceptors (Lipinski definition) is 3. The quantitative estimate of drug-likeness (QED) is 0.900. The van der Waals surface area contributed by atoms with Crippen molar-refractivity contribution in [1.82, 2.24) is 4.90 Å². The highest BCUT2D eigenvalue weighted by Gasteiger charge is 2.39. The van der Waals surface area contributed by atoms with Crippen LogP contribution in [0.3, 0.4) is 0 Å². The molecule has 1 fully saturated rings. The summed E-state index contributed by atoms with van der Waals surface area (Å²) in [5, 5.41) is 0. The van der Waals surface area contributed by atoms with Gasteiger partial charge in [0.05, 0.1) is 0 Å². The van der Waals surface area contributed by atoms with Gasteiger partial charge in [0.2, 0.25) is 0 Å². The van der Waals surface area contributed by atoms with Crippen LogP contribution in [0.15, 0.2) is 12.1 Å². The fourth-order valence-electron chi connectivity index (χ4n) is 3.53. The summed E-state index contributed by atoms with van der Waals surface area (Å²) in [6.07, 6.45) is 4.60. The van der Waals surface area contributed by atoms with E-state index < -0.39 is 0 Å². The molecule has 0 saturated carbocycles. The summed E-state index contributed by atoms with van der Waals surface area (Å²) < 4.78 is 6.54. The average Bonchev–Trinajstić information content (AvgIpc) is 2.47. The number of likely N-dealkylation sites (tertiary alicyclic amines) is 1. The van der Waals surface area contributed by atoms with Crippen LogP contribution in [0.2, 0.25) is 0 Å². The zero-order chi connectivity index (χ0) is 14.2. The molecule has 0 radical (unpaired) electrons. The third-order valence-electron chi connectivity index (χ3n) is 5.14. The Bertz CT molecular complexity index is 490. The van der Waals surface area contributed by atoms with Crippen molar-refractivity contribution in [2.75, 3.05) is 26.2 Å². The van der Waals surface area contributed by atoms with Crippen molar-refractivity contribution in [3.8, 4) is 5.75 Å². The van der Waals surface area contributed by atoms with Gasteiger partial charge in [0.25, 0.3) is 0 Å². The lowest BCUT2D eigenvalue weighted by Gasteiger charge is -2.45. The summed E-state index contributed by atoms with van der Waals surface area (Å²) in [5.41, 5.74) is 9.79. The molecule has 2 N–H and O–H groups in total. The van der Waals surface area contributed by atoms with Gasteiger partial charge in [-0.15, -0.1) is 0 Å². The molecule has 2 heterocycles. The molecule has 2 aliphatic rings. The third kappa shape index (κ3) is 2.45. The van der Waals surface area contributed by atoms with Crippen LogP contribution in [-0.4, -0.2) is 36.7 Å². The van der Waals surface area contributed by atoms with Gasteiger partial charge in [0, 0.05) is 26.2 Å². The molecule has 110 valence electrons. The van der Waals surface area contributed by atoms with E-state index in [0.29, 0.717) is 0 Å². The highest BCUT2D eigenvalue weighted by molar-refractivity contribution is 5.47. The molecule has 1 saturated heterocycles. The van der Waals surface area contributed by atoms with Crippen LogP contribution in [-0.2, 0) is 6.42 Å². The van der Waals surface area contributed by atoms with Crippen LogP contribution >= 0.6 is 0 Å². The summed E-state index contributed by atoms with van der Waals surface area (Å²) in [6, 6.07) is 4.47. The molecule has 0 atom stereocenters. The van der Waals surface area contributed by atoms with Gasteiger partial charge >= 0.3 is 0 Å². The predicted molar refractivity (Wildman–Crippen MR) is 82.3 cm³/mol. The van der Waals surface area contributed by atoms with Gasteiger partial charge < -0.3 is 15.4 Å². The molecule has 0 aromatic heterocycles. The molecular weight excluding hydrogens is 248 g/mol. The maximum absolute atomic E-state index is 6.54. The monoisotopic (exact) mass is 274 g/mol. The number of fused-ring (bicyclic) bond motifs is 1. The van der Waals surface area contributed by atoms with Crippen molar-refractivity contribution in [3.63, 3.8) is 0 Å². The van der Waals surface area contributed by atoms with Gasteiger partial charge in [0.1, 0.15) is 11.4 Å². The highest BCUT2D eigenvalue weighted by Crippen LogP contribution is 2.41. The molecule has 20 heavy (non-hydrogen) atoms. The van der Waals surface area contributed by atoms with Crippen LogP contribution in [0.5, 0.6) is 5.75 Å².